The SMILES string of the molecule is C[C@]1(c2cc(CC(=O)c3ccc(Cl)cn3)ccc2F)N=C(N)O[C@H](C(F)(F)F)[C@@H]1F. The number of aromatic nitrogens is 1. The Labute approximate surface area is 172 Å². The van der Waals surface area contributed by atoms with E-state index >= 15 is 0 Å². The molecule has 30 heavy (non-hydrogen) atoms. The lowest BCUT2D eigenvalue weighted by molar-refractivity contribution is -0.227. The molecule has 1 aromatic heterocycles. The third-order valence-corrected chi connectivity index (χ3v) is 4.89. The zero-order chi connectivity index (χ0) is 22.3. The number of ketones is 1. The molecule has 1 aromatic carbocycles. The van der Waals surface area contributed by atoms with Crippen molar-refractivity contribution in [2.75, 3.05) is 0 Å². The molecule has 0 unspecified atom stereocenters. The topological polar surface area (TPSA) is 77.6 Å². The predicted octanol–water partition coefficient (Wildman–Crippen LogP) is 4.13. The van der Waals surface area contributed by atoms with E-state index in [1.165, 1.54) is 24.4 Å². The first-order chi connectivity index (χ1) is 13.9. The van der Waals surface area contributed by atoms with E-state index in [2.05, 4.69) is 14.7 Å². The molecule has 0 amide bonds. The van der Waals surface area contributed by atoms with E-state index in [1.807, 2.05) is 0 Å². The Morgan fingerprint density at radius 2 is 2.00 bits per heavy atom. The van der Waals surface area contributed by atoms with Crippen molar-refractivity contribution >= 4 is 23.4 Å². The van der Waals surface area contributed by atoms with Gasteiger partial charge in [0, 0.05) is 18.2 Å². The molecule has 2 heterocycles. The minimum atomic E-state index is -5.09. The number of carbonyl (C=O) groups is 1. The lowest BCUT2D eigenvalue weighted by Gasteiger charge is -2.39. The number of nitrogens with zero attached hydrogens (tertiary/aromatic N) is 2. The molecule has 11 heteroatoms. The highest BCUT2D eigenvalue weighted by Gasteiger charge is 2.58. The first kappa shape index (κ1) is 21.9. The summed E-state index contributed by atoms with van der Waals surface area (Å²) in [4.78, 5) is 19.9. The lowest BCUT2D eigenvalue weighted by Crippen LogP contribution is -2.55. The van der Waals surface area contributed by atoms with Crippen LogP contribution in [0.1, 0.15) is 28.5 Å². The second-order valence-electron chi connectivity index (χ2n) is 6.86. The first-order valence-corrected chi connectivity index (χ1v) is 8.96. The van der Waals surface area contributed by atoms with Crippen molar-refractivity contribution in [2.45, 2.75) is 37.3 Å². The van der Waals surface area contributed by atoms with Gasteiger partial charge in [0.1, 0.15) is 17.1 Å². The molecule has 1 aliphatic heterocycles. The van der Waals surface area contributed by atoms with E-state index in [4.69, 9.17) is 17.3 Å². The maximum atomic E-state index is 14.9. The van der Waals surface area contributed by atoms with Gasteiger partial charge in [0.05, 0.1) is 5.02 Å². The summed E-state index contributed by atoms with van der Waals surface area (Å²) >= 11 is 5.72. The monoisotopic (exact) mass is 447 g/mol. The van der Waals surface area contributed by atoms with Crippen LogP contribution in [0.4, 0.5) is 22.0 Å². The molecule has 0 bridgehead atoms. The average Bonchev–Trinajstić information content (AvgIpc) is 2.65. The highest BCUT2D eigenvalue weighted by atomic mass is 35.5. The molecule has 1 aliphatic rings. The highest BCUT2D eigenvalue weighted by molar-refractivity contribution is 6.30. The molecule has 0 saturated carbocycles. The number of halogens is 6. The number of hydrogen-bond donors (Lipinski definition) is 1. The zero-order valence-corrected chi connectivity index (χ0v) is 16.1. The number of carbonyl (C=O) groups excluding carboxylic acids is 1. The second kappa shape index (κ2) is 7.82. The van der Waals surface area contributed by atoms with Gasteiger partial charge in [-0.15, -0.1) is 0 Å². The van der Waals surface area contributed by atoms with Crippen LogP contribution in [-0.4, -0.2) is 35.2 Å². The van der Waals surface area contributed by atoms with Crippen molar-refractivity contribution in [2.24, 2.45) is 10.7 Å². The van der Waals surface area contributed by atoms with Crippen LogP contribution in [0, 0.1) is 5.82 Å². The second-order valence-corrected chi connectivity index (χ2v) is 7.29. The summed E-state index contributed by atoms with van der Waals surface area (Å²) < 4.78 is 73.2. The molecular weight excluding hydrogens is 433 g/mol. The van der Waals surface area contributed by atoms with Crippen LogP contribution in [0.3, 0.4) is 0 Å². The number of Topliss-reactive ketones (excluding diaryl/α,β-unsaturated/α-hetero) is 1. The third kappa shape index (κ3) is 4.23. The summed E-state index contributed by atoms with van der Waals surface area (Å²) in [5.74, 6) is -1.45. The van der Waals surface area contributed by atoms with E-state index in [9.17, 15) is 26.7 Å². The predicted molar refractivity (Wildman–Crippen MR) is 98.5 cm³/mol. The largest absolute Gasteiger partial charge is 0.449 e. The van der Waals surface area contributed by atoms with Crippen molar-refractivity contribution < 1.29 is 31.5 Å². The normalized spacial score (nSPS) is 24.2. The summed E-state index contributed by atoms with van der Waals surface area (Å²) in [6.45, 7) is 0.983. The molecule has 3 rings (SSSR count). The Hall–Kier alpha value is -2.75. The molecule has 2 N–H and O–H groups in total. The molecule has 2 aromatic rings. The fourth-order valence-electron chi connectivity index (χ4n) is 3.13. The number of nitrogens with two attached hydrogens (primary N) is 1. The van der Waals surface area contributed by atoms with Gasteiger partial charge in [-0.3, -0.25) is 9.78 Å². The number of amidine groups is 1. The van der Waals surface area contributed by atoms with Crippen LogP contribution >= 0.6 is 11.6 Å². The number of benzene rings is 1. The van der Waals surface area contributed by atoms with Gasteiger partial charge in [-0.05, 0) is 36.8 Å². The summed E-state index contributed by atoms with van der Waals surface area (Å²) in [7, 11) is 0. The van der Waals surface area contributed by atoms with Gasteiger partial charge in [0.2, 0.25) is 6.10 Å². The summed E-state index contributed by atoms with van der Waals surface area (Å²) in [5, 5.41) is 0.326. The lowest BCUT2D eigenvalue weighted by atomic mass is 9.82. The number of hydrogen-bond acceptors (Lipinski definition) is 5. The van der Waals surface area contributed by atoms with Gasteiger partial charge in [-0.2, -0.15) is 13.2 Å². The van der Waals surface area contributed by atoms with E-state index in [0.717, 1.165) is 19.1 Å². The van der Waals surface area contributed by atoms with E-state index in [0.29, 0.717) is 5.02 Å². The first-order valence-electron chi connectivity index (χ1n) is 8.58. The zero-order valence-electron chi connectivity index (χ0n) is 15.4. The Kier molecular flexibility index (Phi) is 5.72. The highest BCUT2D eigenvalue weighted by Crippen LogP contribution is 2.43. The maximum Gasteiger partial charge on any atom is 0.428 e. The quantitative estimate of drug-likeness (QED) is 0.565. The van der Waals surface area contributed by atoms with Crippen LogP contribution in [0.2, 0.25) is 5.02 Å². The Bertz CT molecular complexity index is 997. The van der Waals surface area contributed by atoms with Gasteiger partial charge < -0.3 is 10.5 Å². The van der Waals surface area contributed by atoms with Crippen molar-refractivity contribution in [3.05, 3.63) is 64.2 Å². The molecule has 0 saturated heterocycles. The standard InChI is InChI=1S/C19H15ClF5N3O2/c1-18(15(22)16(19(23,24)25)30-17(26)28-18)11-6-9(2-4-12(11)21)7-14(29)13-5-3-10(20)8-27-13/h2-6,8,15-16H,7H2,1H3,(H2,26,28)/t15-,16-,18+/m0/s1. The van der Waals surface area contributed by atoms with Crippen LogP contribution in [0.25, 0.3) is 0 Å². The van der Waals surface area contributed by atoms with Crippen LogP contribution in [-0.2, 0) is 16.7 Å². The number of ether oxygens (including phenoxy) is 1. The molecule has 0 aliphatic carbocycles. The fourth-order valence-corrected chi connectivity index (χ4v) is 3.24. The maximum absolute atomic E-state index is 14.9. The molecule has 0 fully saturated rings. The van der Waals surface area contributed by atoms with Crippen molar-refractivity contribution in [3.8, 4) is 0 Å². The van der Waals surface area contributed by atoms with Crippen LogP contribution < -0.4 is 5.73 Å². The summed E-state index contributed by atoms with van der Waals surface area (Å²) in [5.41, 5.74) is 2.84. The Morgan fingerprint density at radius 1 is 1.30 bits per heavy atom. The summed E-state index contributed by atoms with van der Waals surface area (Å²) in [6.07, 6.45) is -9.76. The molecule has 0 spiro atoms. The van der Waals surface area contributed by atoms with Gasteiger partial charge in [-0.1, -0.05) is 17.7 Å². The van der Waals surface area contributed by atoms with Crippen LogP contribution in [0.15, 0.2) is 41.5 Å². The number of aliphatic imine (C=N–C) groups is 1. The van der Waals surface area contributed by atoms with Gasteiger partial charge in [-0.25, -0.2) is 13.8 Å². The Morgan fingerprint density at radius 3 is 2.60 bits per heavy atom. The van der Waals surface area contributed by atoms with Gasteiger partial charge in [0.15, 0.2) is 12.0 Å². The Balaban J connectivity index is 1.97. The van der Waals surface area contributed by atoms with Gasteiger partial charge >= 0.3 is 6.18 Å². The van der Waals surface area contributed by atoms with Crippen LogP contribution in [0.5, 0.6) is 0 Å². The number of alkyl halides is 4. The minimum absolute atomic E-state index is 0.0883. The van der Waals surface area contributed by atoms with E-state index in [-0.39, 0.29) is 17.7 Å². The molecule has 0 radical (unpaired) electrons. The molecule has 3 atom stereocenters. The van der Waals surface area contributed by atoms with Crippen molar-refractivity contribution in [1.82, 2.24) is 4.98 Å². The van der Waals surface area contributed by atoms with Gasteiger partial charge in [0.25, 0.3) is 6.02 Å². The minimum Gasteiger partial charge on any atom is -0.449 e. The molecule has 160 valence electrons. The third-order valence-electron chi connectivity index (χ3n) is 4.67. The summed E-state index contributed by atoms with van der Waals surface area (Å²) in [6, 6.07) is 5.21. The average molecular weight is 448 g/mol. The fraction of sp³-hybridized carbons (Fsp3) is 0.316. The van der Waals surface area contributed by atoms with Crippen molar-refractivity contribution in [3.63, 3.8) is 0 Å². The van der Waals surface area contributed by atoms with Crippen molar-refractivity contribution in [1.29, 1.82) is 0 Å². The number of pyridine rings is 1. The molecular formula is C19H15ClF5N3O2. The smallest absolute Gasteiger partial charge is 0.428 e. The molecule has 5 nitrogen and oxygen atoms in total. The number of rotatable bonds is 4. The van der Waals surface area contributed by atoms with E-state index < -0.39 is 47.2 Å². The van der Waals surface area contributed by atoms with E-state index in [1.54, 1.807) is 0 Å².